The molecule has 8 heteroatoms. The second kappa shape index (κ2) is 7.56. The summed E-state index contributed by atoms with van der Waals surface area (Å²) in [6.45, 7) is 3.64. The minimum absolute atomic E-state index is 0.00467. The molecule has 0 unspecified atom stereocenters. The number of Topliss-reactive ketones (excluding diaryl/α,β-unsaturated/α-hetero) is 1. The van der Waals surface area contributed by atoms with Gasteiger partial charge in [0.2, 0.25) is 0 Å². The van der Waals surface area contributed by atoms with Gasteiger partial charge in [0.25, 0.3) is 10.7 Å². The Morgan fingerprint density at radius 1 is 1.21 bits per heavy atom. The number of nitrogens with one attached hydrogen (secondary N) is 1. The fourth-order valence-corrected chi connectivity index (χ4v) is 3.61. The van der Waals surface area contributed by atoms with Crippen molar-refractivity contribution in [1.82, 2.24) is 14.8 Å². The standard InChI is InChI=1S/C21H19N3O4S/c1-12-20(13(2)25)17-10-16(27-11-19-22-23-21(29)28-19)8-9-18(17)24(12)14-4-6-15(26-3)7-5-14/h4-10H,11H2,1-3H3,(H,23,29). The zero-order valence-electron chi connectivity index (χ0n) is 16.2. The maximum Gasteiger partial charge on any atom is 0.284 e. The smallest absolute Gasteiger partial charge is 0.284 e. The summed E-state index contributed by atoms with van der Waals surface area (Å²) in [7, 11) is 1.63. The number of rotatable bonds is 6. The minimum atomic E-state index is -0.00467. The third-order valence-corrected chi connectivity index (χ3v) is 4.88. The topological polar surface area (TPSA) is 82.3 Å². The minimum Gasteiger partial charge on any atom is -0.497 e. The average Bonchev–Trinajstić information content (AvgIpc) is 3.26. The molecule has 4 rings (SSSR count). The van der Waals surface area contributed by atoms with Crippen LogP contribution >= 0.6 is 12.2 Å². The van der Waals surface area contributed by atoms with E-state index < -0.39 is 0 Å². The van der Waals surface area contributed by atoms with E-state index in [2.05, 4.69) is 14.8 Å². The van der Waals surface area contributed by atoms with Crippen molar-refractivity contribution < 1.29 is 18.7 Å². The molecular weight excluding hydrogens is 390 g/mol. The van der Waals surface area contributed by atoms with Crippen LogP contribution < -0.4 is 9.47 Å². The molecule has 0 atom stereocenters. The second-order valence-corrected chi connectivity index (χ2v) is 6.90. The Morgan fingerprint density at radius 3 is 2.55 bits per heavy atom. The first-order valence-corrected chi connectivity index (χ1v) is 9.36. The van der Waals surface area contributed by atoms with E-state index in [1.807, 2.05) is 49.4 Å². The SMILES string of the molecule is COc1ccc(-n2c(C)c(C(C)=O)c3cc(OCc4n[nH]c(=S)o4)ccc32)cc1. The molecule has 0 amide bonds. The third-order valence-electron chi connectivity index (χ3n) is 4.70. The lowest BCUT2D eigenvalue weighted by molar-refractivity contribution is 0.101. The van der Waals surface area contributed by atoms with Crippen LogP contribution in [0.2, 0.25) is 0 Å². The van der Waals surface area contributed by atoms with Crippen LogP contribution in [0.15, 0.2) is 46.9 Å². The molecule has 0 spiro atoms. The van der Waals surface area contributed by atoms with Crippen molar-refractivity contribution in [2.24, 2.45) is 0 Å². The molecule has 1 N–H and O–H groups in total. The van der Waals surface area contributed by atoms with Crippen molar-refractivity contribution in [3.8, 4) is 17.2 Å². The maximum absolute atomic E-state index is 12.4. The van der Waals surface area contributed by atoms with E-state index in [-0.39, 0.29) is 17.2 Å². The molecule has 148 valence electrons. The van der Waals surface area contributed by atoms with Crippen molar-refractivity contribution in [2.45, 2.75) is 20.5 Å². The van der Waals surface area contributed by atoms with Crippen molar-refractivity contribution in [3.63, 3.8) is 0 Å². The van der Waals surface area contributed by atoms with Gasteiger partial charge in [-0.1, -0.05) is 0 Å². The molecule has 29 heavy (non-hydrogen) atoms. The predicted molar refractivity (Wildman–Crippen MR) is 111 cm³/mol. The number of carbonyl (C=O) groups is 1. The van der Waals surface area contributed by atoms with Crippen LogP contribution in [0.1, 0.15) is 28.9 Å². The number of nitrogens with zero attached hydrogens (tertiary/aromatic N) is 2. The summed E-state index contributed by atoms with van der Waals surface area (Å²) in [6.07, 6.45) is 0. The Labute approximate surface area is 171 Å². The molecule has 0 fully saturated rings. The van der Waals surface area contributed by atoms with Gasteiger partial charge >= 0.3 is 0 Å². The van der Waals surface area contributed by atoms with E-state index in [1.54, 1.807) is 14.0 Å². The van der Waals surface area contributed by atoms with Gasteiger partial charge in [-0.3, -0.25) is 4.79 Å². The van der Waals surface area contributed by atoms with Gasteiger partial charge in [-0.05, 0) is 68.5 Å². The third kappa shape index (κ3) is 3.54. The van der Waals surface area contributed by atoms with E-state index in [1.165, 1.54) is 0 Å². The van der Waals surface area contributed by atoms with Gasteiger partial charge < -0.3 is 18.5 Å². The first kappa shape index (κ1) is 18.9. The molecule has 0 aliphatic heterocycles. The molecule has 0 radical (unpaired) electrons. The fraction of sp³-hybridized carbons (Fsp3) is 0.190. The normalized spacial score (nSPS) is 11.0. The van der Waals surface area contributed by atoms with Crippen LogP contribution in [0.25, 0.3) is 16.6 Å². The summed E-state index contributed by atoms with van der Waals surface area (Å²) < 4.78 is 18.3. The molecule has 0 saturated heterocycles. The van der Waals surface area contributed by atoms with Gasteiger partial charge in [-0.25, -0.2) is 5.10 Å². The Balaban J connectivity index is 1.77. The van der Waals surface area contributed by atoms with E-state index >= 15 is 0 Å². The number of aromatic amines is 1. The first-order valence-electron chi connectivity index (χ1n) is 8.95. The largest absolute Gasteiger partial charge is 0.497 e. The zero-order chi connectivity index (χ0) is 20.5. The summed E-state index contributed by atoms with van der Waals surface area (Å²) in [5, 5.41) is 7.30. The molecule has 0 saturated carbocycles. The molecule has 2 aromatic carbocycles. The van der Waals surface area contributed by atoms with E-state index in [0.29, 0.717) is 17.2 Å². The fourth-order valence-electron chi connectivity index (χ4n) is 3.46. The monoisotopic (exact) mass is 409 g/mol. The summed E-state index contributed by atoms with van der Waals surface area (Å²) in [5.74, 6) is 1.73. The Bertz CT molecular complexity index is 1250. The van der Waals surface area contributed by atoms with Crippen LogP contribution in [0.3, 0.4) is 0 Å². The number of hydrogen-bond donors (Lipinski definition) is 1. The summed E-state index contributed by atoms with van der Waals surface area (Å²) in [6, 6.07) is 13.4. The molecule has 0 aliphatic rings. The molecule has 7 nitrogen and oxygen atoms in total. The number of benzene rings is 2. The molecule has 4 aromatic rings. The quantitative estimate of drug-likeness (QED) is 0.365. The number of ether oxygens (including phenoxy) is 2. The summed E-state index contributed by atoms with van der Waals surface area (Å²) in [4.78, 5) is 12.6. The highest BCUT2D eigenvalue weighted by atomic mass is 32.1. The molecular formula is C21H19N3O4S. The van der Waals surface area contributed by atoms with Crippen LogP contribution in [0.4, 0.5) is 0 Å². The lowest BCUT2D eigenvalue weighted by atomic mass is 10.1. The number of aromatic nitrogens is 3. The molecule has 0 bridgehead atoms. The number of carbonyl (C=O) groups excluding carboxylic acids is 1. The van der Waals surface area contributed by atoms with Crippen LogP contribution in [0, 0.1) is 11.8 Å². The maximum atomic E-state index is 12.4. The average molecular weight is 409 g/mol. The van der Waals surface area contributed by atoms with Crippen LogP contribution in [0.5, 0.6) is 11.5 Å². The number of H-pyrrole nitrogens is 1. The van der Waals surface area contributed by atoms with Gasteiger partial charge in [0.05, 0.1) is 12.6 Å². The highest BCUT2D eigenvalue weighted by Gasteiger charge is 2.19. The lowest BCUT2D eigenvalue weighted by Crippen LogP contribution is -1.99. The number of ketones is 1. The number of methoxy groups -OCH3 is 1. The van der Waals surface area contributed by atoms with Crippen molar-refractivity contribution in [3.05, 3.63) is 64.5 Å². The molecule has 0 aliphatic carbocycles. The van der Waals surface area contributed by atoms with Gasteiger partial charge in [-0.15, -0.1) is 5.10 Å². The zero-order valence-corrected chi connectivity index (χ0v) is 17.0. The van der Waals surface area contributed by atoms with E-state index in [4.69, 9.17) is 26.1 Å². The van der Waals surface area contributed by atoms with Gasteiger partial charge in [0.1, 0.15) is 11.5 Å². The Hall–Kier alpha value is -3.39. The predicted octanol–water partition coefficient (Wildman–Crippen LogP) is 4.77. The Kier molecular flexibility index (Phi) is 4.94. The second-order valence-electron chi connectivity index (χ2n) is 6.52. The summed E-state index contributed by atoms with van der Waals surface area (Å²) in [5.41, 5.74) is 3.40. The van der Waals surface area contributed by atoms with Crippen LogP contribution in [-0.2, 0) is 6.61 Å². The Morgan fingerprint density at radius 2 is 1.93 bits per heavy atom. The highest BCUT2D eigenvalue weighted by molar-refractivity contribution is 7.71. The number of hydrogen-bond acceptors (Lipinski definition) is 6. The number of fused-ring (bicyclic) bond motifs is 1. The molecule has 2 aromatic heterocycles. The van der Waals surface area contributed by atoms with Crippen molar-refractivity contribution in [1.29, 1.82) is 0 Å². The first-order chi connectivity index (χ1) is 14.0. The van der Waals surface area contributed by atoms with Crippen molar-refractivity contribution in [2.75, 3.05) is 7.11 Å². The lowest BCUT2D eigenvalue weighted by Gasteiger charge is -2.10. The van der Waals surface area contributed by atoms with Gasteiger partial charge in [0.15, 0.2) is 12.4 Å². The van der Waals surface area contributed by atoms with Crippen LogP contribution in [-0.4, -0.2) is 27.7 Å². The van der Waals surface area contributed by atoms with Gasteiger partial charge in [-0.2, -0.15) is 0 Å². The van der Waals surface area contributed by atoms with E-state index in [9.17, 15) is 4.79 Å². The van der Waals surface area contributed by atoms with E-state index in [0.717, 1.165) is 28.0 Å². The summed E-state index contributed by atoms with van der Waals surface area (Å²) >= 11 is 4.86. The van der Waals surface area contributed by atoms with Crippen molar-refractivity contribution >= 4 is 28.9 Å². The highest BCUT2D eigenvalue weighted by Crippen LogP contribution is 2.33. The molecule has 2 heterocycles. The van der Waals surface area contributed by atoms with Gasteiger partial charge in [0, 0.05) is 22.3 Å².